The van der Waals surface area contributed by atoms with E-state index in [-0.39, 0.29) is 36.4 Å². The minimum absolute atomic E-state index is 0. The number of nitrogens with one attached hydrogen (secondary N) is 2. The molecule has 2 rings (SSSR count). The normalized spacial score (nSPS) is 20.4. The van der Waals surface area contributed by atoms with Crippen molar-refractivity contribution in [1.29, 1.82) is 0 Å². The second-order valence-electron chi connectivity index (χ2n) is 6.80. The van der Waals surface area contributed by atoms with Crippen LogP contribution in [0.2, 0.25) is 0 Å². The summed E-state index contributed by atoms with van der Waals surface area (Å²) in [6.07, 6.45) is 4.97. The van der Waals surface area contributed by atoms with Gasteiger partial charge in [-0.15, -0.1) is 24.0 Å². The number of nitrogens with zero attached hydrogens (tertiary/aromatic N) is 2. The van der Waals surface area contributed by atoms with Crippen LogP contribution in [0.25, 0.3) is 0 Å². The van der Waals surface area contributed by atoms with Crippen LogP contribution in [0.4, 0.5) is 0 Å². The van der Waals surface area contributed by atoms with Gasteiger partial charge in [0.1, 0.15) is 0 Å². The Kier molecular flexibility index (Phi) is 9.85. The van der Waals surface area contributed by atoms with Gasteiger partial charge in [-0.05, 0) is 24.3 Å². The van der Waals surface area contributed by atoms with Gasteiger partial charge in [-0.2, -0.15) is 0 Å². The molecule has 0 heterocycles. The fourth-order valence-corrected chi connectivity index (χ4v) is 2.93. The van der Waals surface area contributed by atoms with Crippen molar-refractivity contribution in [3.05, 3.63) is 35.9 Å². The molecule has 1 aromatic rings. The fourth-order valence-electron chi connectivity index (χ4n) is 2.93. The van der Waals surface area contributed by atoms with E-state index in [0.717, 1.165) is 17.9 Å². The van der Waals surface area contributed by atoms with Gasteiger partial charge < -0.3 is 15.5 Å². The first-order valence-corrected chi connectivity index (χ1v) is 8.85. The van der Waals surface area contributed by atoms with Gasteiger partial charge in [-0.3, -0.25) is 4.79 Å². The number of benzene rings is 1. The van der Waals surface area contributed by atoms with Crippen molar-refractivity contribution in [2.75, 3.05) is 20.6 Å². The van der Waals surface area contributed by atoms with E-state index in [4.69, 9.17) is 0 Å². The summed E-state index contributed by atoms with van der Waals surface area (Å²) < 4.78 is 0. The average molecular weight is 458 g/mol. The number of amides is 1. The lowest BCUT2D eigenvalue weighted by molar-refractivity contribution is -0.127. The summed E-state index contributed by atoms with van der Waals surface area (Å²) >= 11 is 0. The lowest BCUT2D eigenvalue weighted by Crippen LogP contribution is -2.49. The highest BCUT2D eigenvalue weighted by Gasteiger charge is 2.22. The third-order valence-electron chi connectivity index (χ3n) is 4.60. The van der Waals surface area contributed by atoms with E-state index in [1.165, 1.54) is 19.3 Å². The highest BCUT2D eigenvalue weighted by Crippen LogP contribution is 2.23. The smallest absolute Gasteiger partial charge is 0.241 e. The first kappa shape index (κ1) is 21.7. The van der Waals surface area contributed by atoms with Crippen LogP contribution in [0.15, 0.2) is 35.3 Å². The SMILES string of the molecule is CC1CCCCC1NC(=NCc1ccccc1)NCC(=O)N(C)C.I. The van der Waals surface area contributed by atoms with Gasteiger partial charge in [-0.25, -0.2) is 4.99 Å². The Bertz CT molecular complexity index is 548. The van der Waals surface area contributed by atoms with E-state index in [1.807, 2.05) is 18.2 Å². The van der Waals surface area contributed by atoms with Crippen LogP contribution in [-0.2, 0) is 11.3 Å². The summed E-state index contributed by atoms with van der Waals surface area (Å²) in [6, 6.07) is 10.6. The minimum atomic E-state index is 0. The molecule has 6 heteroatoms. The van der Waals surface area contributed by atoms with Crippen LogP contribution in [0.1, 0.15) is 38.2 Å². The quantitative estimate of drug-likeness (QED) is 0.405. The molecule has 5 nitrogen and oxygen atoms in total. The molecule has 25 heavy (non-hydrogen) atoms. The molecule has 0 saturated heterocycles. The van der Waals surface area contributed by atoms with Crippen molar-refractivity contribution in [2.24, 2.45) is 10.9 Å². The molecule has 1 fully saturated rings. The van der Waals surface area contributed by atoms with E-state index in [2.05, 4.69) is 34.7 Å². The first-order valence-electron chi connectivity index (χ1n) is 8.85. The Balaban J connectivity index is 0.00000312. The van der Waals surface area contributed by atoms with Crippen LogP contribution in [0, 0.1) is 5.92 Å². The average Bonchev–Trinajstić information content (AvgIpc) is 2.59. The summed E-state index contributed by atoms with van der Waals surface area (Å²) in [7, 11) is 3.53. The summed E-state index contributed by atoms with van der Waals surface area (Å²) in [6.45, 7) is 3.15. The van der Waals surface area contributed by atoms with Gasteiger partial charge in [0.2, 0.25) is 5.91 Å². The van der Waals surface area contributed by atoms with Gasteiger partial charge in [-0.1, -0.05) is 50.1 Å². The standard InChI is InChI=1S/C19H30N4O.HI/c1-15-9-7-8-12-17(15)22-19(21-14-18(24)23(2)3)20-13-16-10-5-4-6-11-16;/h4-6,10-11,15,17H,7-9,12-14H2,1-3H3,(H2,20,21,22);1H. The largest absolute Gasteiger partial charge is 0.353 e. The Hall–Kier alpha value is -1.31. The van der Waals surface area contributed by atoms with Gasteiger partial charge >= 0.3 is 0 Å². The zero-order valence-electron chi connectivity index (χ0n) is 15.5. The first-order chi connectivity index (χ1) is 11.6. The van der Waals surface area contributed by atoms with Crippen molar-refractivity contribution in [3.8, 4) is 0 Å². The van der Waals surface area contributed by atoms with E-state index < -0.39 is 0 Å². The topological polar surface area (TPSA) is 56.7 Å². The van der Waals surface area contributed by atoms with Crippen LogP contribution in [-0.4, -0.2) is 43.4 Å². The third-order valence-corrected chi connectivity index (χ3v) is 4.60. The maximum absolute atomic E-state index is 11.9. The summed E-state index contributed by atoms with van der Waals surface area (Å²) in [5, 5.41) is 6.73. The number of guanidine groups is 1. The summed E-state index contributed by atoms with van der Waals surface area (Å²) in [4.78, 5) is 18.1. The molecule has 2 unspecified atom stereocenters. The molecule has 140 valence electrons. The van der Waals surface area contributed by atoms with Crippen LogP contribution < -0.4 is 10.6 Å². The minimum Gasteiger partial charge on any atom is -0.353 e. The molecule has 2 N–H and O–H groups in total. The van der Waals surface area contributed by atoms with E-state index >= 15 is 0 Å². The monoisotopic (exact) mass is 458 g/mol. The predicted octanol–water partition coefficient (Wildman–Crippen LogP) is 3.01. The number of hydrogen-bond acceptors (Lipinski definition) is 2. The van der Waals surface area contributed by atoms with Gasteiger partial charge in [0.25, 0.3) is 0 Å². The fraction of sp³-hybridized carbons (Fsp3) is 0.579. The Morgan fingerprint density at radius 2 is 1.88 bits per heavy atom. The molecule has 1 aliphatic carbocycles. The second kappa shape index (κ2) is 11.3. The number of carbonyl (C=O) groups is 1. The zero-order chi connectivity index (χ0) is 17.4. The molecule has 1 aliphatic rings. The van der Waals surface area contributed by atoms with E-state index in [0.29, 0.717) is 18.5 Å². The number of aliphatic imine (C=N–C) groups is 1. The molecule has 1 saturated carbocycles. The highest BCUT2D eigenvalue weighted by molar-refractivity contribution is 14.0. The number of rotatable bonds is 5. The van der Waals surface area contributed by atoms with Crippen molar-refractivity contribution in [1.82, 2.24) is 15.5 Å². The zero-order valence-corrected chi connectivity index (χ0v) is 17.8. The summed E-state index contributed by atoms with van der Waals surface area (Å²) in [5.74, 6) is 1.40. The number of hydrogen-bond donors (Lipinski definition) is 2. The Morgan fingerprint density at radius 1 is 1.20 bits per heavy atom. The summed E-state index contributed by atoms with van der Waals surface area (Å²) in [5.41, 5.74) is 1.16. The van der Waals surface area contributed by atoms with Gasteiger partial charge in [0, 0.05) is 20.1 Å². The van der Waals surface area contributed by atoms with Crippen LogP contribution in [0.5, 0.6) is 0 Å². The van der Waals surface area contributed by atoms with Crippen molar-refractivity contribution in [2.45, 2.75) is 45.2 Å². The molecular formula is C19H31IN4O. The Labute approximate surface area is 168 Å². The number of likely N-dealkylation sites (N-methyl/N-ethyl adjacent to an activating group) is 1. The lowest BCUT2D eigenvalue weighted by Gasteiger charge is -2.31. The maximum atomic E-state index is 11.9. The lowest BCUT2D eigenvalue weighted by atomic mass is 9.86. The molecule has 0 radical (unpaired) electrons. The maximum Gasteiger partial charge on any atom is 0.241 e. The molecule has 0 aliphatic heterocycles. The molecule has 0 bridgehead atoms. The van der Waals surface area contributed by atoms with Gasteiger partial charge in [0.05, 0.1) is 13.1 Å². The molecule has 2 atom stereocenters. The van der Waals surface area contributed by atoms with E-state index in [9.17, 15) is 4.79 Å². The van der Waals surface area contributed by atoms with Crippen LogP contribution >= 0.6 is 24.0 Å². The predicted molar refractivity (Wildman–Crippen MR) is 114 cm³/mol. The molecule has 0 spiro atoms. The van der Waals surface area contributed by atoms with Gasteiger partial charge in [0.15, 0.2) is 5.96 Å². The van der Waals surface area contributed by atoms with Crippen molar-refractivity contribution in [3.63, 3.8) is 0 Å². The van der Waals surface area contributed by atoms with Crippen LogP contribution in [0.3, 0.4) is 0 Å². The number of carbonyl (C=O) groups excluding carboxylic acids is 1. The Morgan fingerprint density at radius 3 is 2.52 bits per heavy atom. The highest BCUT2D eigenvalue weighted by atomic mass is 127. The molecule has 1 aromatic carbocycles. The number of halogens is 1. The van der Waals surface area contributed by atoms with Crippen molar-refractivity contribution < 1.29 is 4.79 Å². The van der Waals surface area contributed by atoms with E-state index in [1.54, 1.807) is 19.0 Å². The second-order valence-corrected chi connectivity index (χ2v) is 6.80. The molecule has 0 aromatic heterocycles. The van der Waals surface area contributed by atoms with Crippen molar-refractivity contribution >= 4 is 35.8 Å². The molecular weight excluding hydrogens is 427 g/mol. The third kappa shape index (κ3) is 7.63. The molecule has 1 amide bonds.